The highest BCUT2D eigenvalue weighted by Crippen LogP contribution is 2.20. The summed E-state index contributed by atoms with van der Waals surface area (Å²) in [4.78, 5) is 20.8. The Balaban J connectivity index is 2.29. The first-order chi connectivity index (χ1) is 6.79. The molecule has 0 spiro atoms. The number of rotatable bonds is 2. The molecule has 0 saturated heterocycles. The highest BCUT2D eigenvalue weighted by atomic mass is 32.1. The molecule has 14 heavy (non-hydrogen) atoms. The zero-order valence-electron chi connectivity index (χ0n) is 7.20. The van der Waals surface area contributed by atoms with E-state index in [0.717, 1.165) is 0 Å². The zero-order chi connectivity index (χ0) is 9.97. The lowest BCUT2D eigenvalue weighted by Crippen LogP contribution is -2.44. The number of aromatic nitrogens is 1. The quantitative estimate of drug-likeness (QED) is 0.762. The Hall–Kier alpha value is -1.69. The van der Waals surface area contributed by atoms with Gasteiger partial charge >= 0.3 is 0 Å². The van der Waals surface area contributed by atoms with Crippen molar-refractivity contribution in [1.82, 2.24) is 4.98 Å². The van der Waals surface area contributed by atoms with E-state index >= 15 is 0 Å². The number of carbonyl (C=O) groups is 1. The van der Waals surface area contributed by atoms with E-state index in [2.05, 4.69) is 9.98 Å². The molecule has 2 rings (SSSR count). The van der Waals surface area contributed by atoms with Crippen molar-refractivity contribution in [2.75, 3.05) is 4.90 Å². The highest BCUT2D eigenvalue weighted by molar-refractivity contribution is 7.13. The molecule has 0 aromatic carbocycles. The van der Waals surface area contributed by atoms with Gasteiger partial charge in [-0.15, -0.1) is 11.3 Å². The molecule has 0 radical (unpaired) electrons. The van der Waals surface area contributed by atoms with Crippen LogP contribution in [0, 0.1) is 0 Å². The van der Waals surface area contributed by atoms with Crippen molar-refractivity contribution in [2.24, 2.45) is 10.7 Å². The summed E-state index contributed by atoms with van der Waals surface area (Å²) < 4.78 is 0. The van der Waals surface area contributed by atoms with Crippen LogP contribution in [0.1, 0.15) is 0 Å². The van der Waals surface area contributed by atoms with Gasteiger partial charge in [-0.1, -0.05) is 0 Å². The van der Waals surface area contributed by atoms with Crippen LogP contribution >= 0.6 is 11.3 Å². The van der Waals surface area contributed by atoms with Gasteiger partial charge in [0.25, 0.3) is 0 Å². The molecule has 5 nitrogen and oxygen atoms in total. The van der Waals surface area contributed by atoms with Crippen molar-refractivity contribution < 1.29 is 4.79 Å². The molecule has 1 unspecified atom stereocenters. The number of nitrogens with two attached hydrogens (primary N) is 1. The summed E-state index contributed by atoms with van der Waals surface area (Å²) >= 11 is 1.43. The van der Waals surface area contributed by atoms with Crippen LogP contribution in [0.15, 0.2) is 28.8 Å². The summed E-state index contributed by atoms with van der Waals surface area (Å²) in [6, 6.07) is -0.487. The number of thiazole rings is 1. The molecule has 0 bridgehead atoms. The van der Waals surface area contributed by atoms with Crippen LogP contribution in [0.5, 0.6) is 0 Å². The minimum atomic E-state index is -0.487. The summed E-state index contributed by atoms with van der Waals surface area (Å²) in [6.45, 7) is 0. The third-order valence-electron chi connectivity index (χ3n) is 1.78. The Morgan fingerprint density at radius 2 is 2.50 bits per heavy atom. The first-order valence-electron chi connectivity index (χ1n) is 3.96. The molecule has 1 aromatic heterocycles. The van der Waals surface area contributed by atoms with Crippen LogP contribution < -0.4 is 10.6 Å². The minimum absolute atomic E-state index is 0.414. The Bertz CT molecular complexity index is 384. The predicted molar refractivity (Wildman–Crippen MR) is 55.2 cm³/mol. The van der Waals surface area contributed by atoms with Gasteiger partial charge in [-0.2, -0.15) is 0 Å². The Labute approximate surface area is 84.6 Å². The minimum Gasteiger partial charge on any atom is -0.368 e. The van der Waals surface area contributed by atoms with Gasteiger partial charge in [0.15, 0.2) is 5.13 Å². The average molecular weight is 208 g/mol. The fourth-order valence-corrected chi connectivity index (χ4v) is 1.80. The standard InChI is InChI=1S/C8H8N4OS/c9-7(13)6-1-2-10-5-12(6)8-11-3-4-14-8/h1-6H,(H2,9,13). The first kappa shape index (κ1) is 8.89. The van der Waals surface area contributed by atoms with Gasteiger partial charge in [-0.25, -0.2) is 9.98 Å². The van der Waals surface area contributed by atoms with E-state index in [1.807, 2.05) is 5.38 Å². The number of nitrogens with zero attached hydrogens (tertiary/aromatic N) is 3. The van der Waals surface area contributed by atoms with E-state index in [1.165, 1.54) is 11.3 Å². The maximum atomic E-state index is 11.1. The second kappa shape index (κ2) is 3.59. The van der Waals surface area contributed by atoms with Gasteiger partial charge in [-0.05, 0) is 6.08 Å². The predicted octanol–water partition coefficient (Wildman–Crippen LogP) is 0.359. The molecular weight excluding hydrogens is 200 g/mol. The molecular formula is C8H8N4OS. The second-order valence-corrected chi connectivity index (χ2v) is 3.55. The maximum Gasteiger partial charge on any atom is 0.244 e. The van der Waals surface area contributed by atoms with E-state index in [9.17, 15) is 4.79 Å². The van der Waals surface area contributed by atoms with Crippen molar-refractivity contribution in [3.05, 3.63) is 23.9 Å². The molecule has 0 fully saturated rings. The molecule has 1 aromatic rings. The number of carbonyl (C=O) groups excluding carboxylic acids is 1. The van der Waals surface area contributed by atoms with E-state index in [1.54, 1.807) is 29.7 Å². The van der Waals surface area contributed by atoms with Crippen molar-refractivity contribution >= 4 is 28.7 Å². The number of aliphatic imine (C=N–C) groups is 1. The van der Waals surface area contributed by atoms with Crippen molar-refractivity contribution in [2.45, 2.75) is 6.04 Å². The lowest BCUT2D eigenvalue weighted by molar-refractivity contribution is -0.118. The molecule has 0 saturated carbocycles. The first-order valence-corrected chi connectivity index (χ1v) is 4.84. The number of anilines is 1. The van der Waals surface area contributed by atoms with E-state index in [4.69, 9.17) is 5.73 Å². The summed E-state index contributed by atoms with van der Waals surface area (Å²) in [5.41, 5.74) is 5.25. The third-order valence-corrected chi connectivity index (χ3v) is 2.56. The van der Waals surface area contributed by atoms with Gasteiger partial charge in [0, 0.05) is 17.8 Å². The van der Waals surface area contributed by atoms with Crippen molar-refractivity contribution in [1.29, 1.82) is 0 Å². The fourth-order valence-electron chi connectivity index (χ4n) is 1.15. The molecule has 2 heterocycles. The average Bonchev–Trinajstić information content (AvgIpc) is 2.70. The summed E-state index contributed by atoms with van der Waals surface area (Å²) in [6.07, 6.45) is 6.42. The van der Waals surface area contributed by atoms with Gasteiger partial charge in [0.05, 0.1) is 6.34 Å². The van der Waals surface area contributed by atoms with Gasteiger partial charge in [0.2, 0.25) is 5.91 Å². The second-order valence-electron chi connectivity index (χ2n) is 2.68. The Morgan fingerprint density at radius 1 is 1.64 bits per heavy atom. The molecule has 6 heteroatoms. The number of primary amides is 1. The van der Waals surface area contributed by atoms with Crippen LogP contribution in [0.3, 0.4) is 0 Å². The summed E-state index contributed by atoms with van der Waals surface area (Å²) in [5.74, 6) is -0.414. The molecule has 2 N–H and O–H groups in total. The smallest absolute Gasteiger partial charge is 0.244 e. The Morgan fingerprint density at radius 3 is 3.14 bits per heavy atom. The van der Waals surface area contributed by atoms with Gasteiger partial charge < -0.3 is 5.73 Å². The lowest BCUT2D eigenvalue weighted by atomic mass is 10.2. The van der Waals surface area contributed by atoms with Crippen LogP contribution in [0.4, 0.5) is 5.13 Å². The van der Waals surface area contributed by atoms with Crippen molar-refractivity contribution in [3.63, 3.8) is 0 Å². The van der Waals surface area contributed by atoms with E-state index in [0.29, 0.717) is 5.13 Å². The Kier molecular flexibility index (Phi) is 2.28. The molecule has 72 valence electrons. The van der Waals surface area contributed by atoms with Crippen LogP contribution in [0.25, 0.3) is 0 Å². The van der Waals surface area contributed by atoms with Crippen LogP contribution in [-0.2, 0) is 4.79 Å². The maximum absolute atomic E-state index is 11.1. The molecule has 0 aliphatic carbocycles. The molecule has 1 aliphatic rings. The summed E-state index contributed by atoms with van der Waals surface area (Å²) in [7, 11) is 0. The van der Waals surface area contributed by atoms with Crippen LogP contribution in [-0.4, -0.2) is 23.3 Å². The fraction of sp³-hybridized carbons (Fsp3) is 0.125. The highest BCUT2D eigenvalue weighted by Gasteiger charge is 2.23. The molecule has 1 atom stereocenters. The zero-order valence-corrected chi connectivity index (χ0v) is 8.02. The number of amides is 1. The lowest BCUT2D eigenvalue weighted by Gasteiger charge is -2.23. The van der Waals surface area contributed by atoms with Crippen molar-refractivity contribution in [3.8, 4) is 0 Å². The monoisotopic (exact) mass is 208 g/mol. The molecule has 1 amide bonds. The summed E-state index contributed by atoms with van der Waals surface area (Å²) in [5, 5.41) is 2.54. The van der Waals surface area contributed by atoms with E-state index < -0.39 is 11.9 Å². The SMILES string of the molecule is NC(=O)C1C=CN=CN1c1nccs1. The largest absolute Gasteiger partial charge is 0.368 e. The molecule has 1 aliphatic heterocycles. The van der Waals surface area contributed by atoms with E-state index in [-0.39, 0.29) is 0 Å². The normalized spacial score (nSPS) is 20.0. The topological polar surface area (TPSA) is 71.6 Å². The number of hydrogen-bond donors (Lipinski definition) is 1. The van der Waals surface area contributed by atoms with Crippen LogP contribution in [0.2, 0.25) is 0 Å². The van der Waals surface area contributed by atoms with Gasteiger partial charge in [0.1, 0.15) is 6.04 Å². The van der Waals surface area contributed by atoms with Gasteiger partial charge in [-0.3, -0.25) is 9.69 Å². The number of hydrogen-bond acceptors (Lipinski definition) is 5. The third kappa shape index (κ3) is 1.51.